The lowest BCUT2D eigenvalue weighted by molar-refractivity contribution is 0.549. The van der Waals surface area contributed by atoms with Crippen molar-refractivity contribution in [3.05, 3.63) is 53.6 Å². The van der Waals surface area contributed by atoms with Crippen LogP contribution in [0.4, 0.5) is 0 Å². The molecule has 6 nitrogen and oxygen atoms in total. The summed E-state index contributed by atoms with van der Waals surface area (Å²) in [6, 6.07) is 7.43. The topological polar surface area (TPSA) is 76.9 Å². The first-order valence-electron chi connectivity index (χ1n) is 7.50. The molecule has 0 spiro atoms. The van der Waals surface area contributed by atoms with E-state index in [0.29, 0.717) is 17.4 Å². The number of hydrogen-bond donors (Lipinski definition) is 1. The van der Waals surface area contributed by atoms with Crippen LogP contribution in [0.2, 0.25) is 5.02 Å². The maximum absolute atomic E-state index is 12.5. The third-order valence-corrected chi connectivity index (χ3v) is 5.55. The van der Waals surface area contributed by atoms with Gasteiger partial charge in [0.15, 0.2) is 0 Å². The molecule has 1 aromatic carbocycles. The summed E-state index contributed by atoms with van der Waals surface area (Å²) in [5.41, 5.74) is 1.67. The van der Waals surface area contributed by atoms with E-state index in [2.05, 4.69) is 14.7 Å². The first-order chi connectivity index (χ1) is 11.4. The van der Waals surface area contributed by atoms with Crippen molar-refractivity contribution in [3.8, 4) is 0 Å². The van der Waals surface area contributed by atoms with Gasteiger partial charge in [-0.3, -0.25) is 4.98 Å². The van der Waals surface area contributed by atoms with Crippen molar-refractivity contribution >= 4 is 32.7 Å². The van der Waals surface area contributed by atoms with Gasteiger partial charge in [0.1, 0.15) is 11.3 Å². The van der Waals surface area contributed by atoms with E-state index < -0.39 is 16.1 Å². The first-order valence-corrected chi connectivity index (χ1v) is 9.36. The minimum absolute atomic E-state index is 0.166. The Kier molecular flexibility index (Phi) is 4.58. The lowest BCUT2D eigenvalue weighted by Gasteiger charge is -2.15. The van der Waals surface area contributed by atoms with Crippen LogP contribution in [0.25, 0.3) is 11.0 Å². The number of rotatable bonds is 5. The van der Waals surface area contributed by atoms with E-state index in [0.717, 1.165) is 11.0 Å². The molecule has 0 saturated carbocycles. The lowest BCUT2D eigenvalue weighted by Crippen LogP contribution is -2.28. The second-order valence-corrected chi connectivity index (χ2v) is 7.53. The number of aromatic nitrogens is 3. The Morgan fingerprint density at radius 1 is 1.25 bits per heavy atom. The molecule has 0 fully saturated rings. The van der Waals surface area contributed by atoms with E-state index in [1.165, 1.54) is 12.1 Å². The number of benzene rings is 1. The summed E-state index contributed by atoms with van der Waals surface area (Å²) < 4.78 is 29.7. The summed E-state index contributed by atoms with van der Waals surface area (Å²) in [5, 5.41) is 0.488. The van der Waals surface area contributed by atoms with Gasteiger partial charge in [-0.05, 0) is 44.2 Å². The van der Waals surface area contributed by atoms with Gasteiger partial charge in [-0.15, -0.1) is 0 Å². The number of fused-ring (bicyclic) bond motifs is 1. The van der Waals surface area contributed by atoms with Gasteiger partial charge in [-0.25, -0.2) is 18.1 Å². The molecule has 0 amide bonds. The number of halogens is 1. The van der Waals surface area contributed by atoms with Crippen molar-refractivity contribution in [1.82, 2.24) is 19.3 Å². The van der Waals surface area contributed by atoms with Gasteiger partial charge in [0.25, 0.3) is 0 Å². The Bertz CT molecular complexity index is 967. The second kappa shape index (κ2) is 6.51. The molecule has 24 heavy (non-hydrogen) atoms. The van der Waals surface area contributed by atoms with Gasteiger partial charge in [0, 0.05) is 17.8 Å². The fraction of sp³-hybridized carbons (Fsp3) is 0.250. The van der Waals surface area contributed by atoms with Gasteiger partial charge in [-0.1, -0.05) is 11.6 Å². The Morgan fingerprint density at radius 2 is 1.96 bits per heavy atom. The van der Waals surface area contributed by atoms with E-state index in [4.69, 9.17) is 11.6 Å². The molecule has 126 valence electrons. The van der Waals surface area contributed by atoms with E-state index in [-0.39, 0.29) is 4.90 Å². The maximum Gasteiger partial charge on any atom is 0.241 e. The molecule has 0 aliphatic carbocycles. The molecule has 1 atom stereocenters. The summed E-state index contributed by atoms with van der Waals surface area (Å²) in [4.78, 5) is 8.76. The molecular formula is C16H17ClN4O2S. The standard InChI is InChI=1S/C16H17ClN4O2S/c1-3-21-15-8-9-18-10-14(15)19-16(21)11(2)20-24(22,23)13-6-4-12(17)5-7-13/h4-11,20H,3H2,1-2H3/t11-/m0/s1. The Morgan fingerprint density at radius 3 is 2.62 bits per heavy atom. The number of pyridine rings is 1. The summed E-state index contributed by atoms with van der Waals surface area (Å²) in [5.74, 6) is 0.651. The number of nitrogens with one attached hydrogen (secondary N) is 1. The second-order valence-electron chi connectivity index (χ2n) is 5.38. The van der Waals surface area contributed by atoms with Crippen molar-refractivity contribution in [2.24, 2.45) is 0 Å². The van der Waals surface area contributed by atoms with Crippen LogP contribution in [0.3, 0.4) is 0 Å². The van der Waals surface area contributed by atoms with Crippen LogP contribution < -0.4 is 4.72 Å². The molecule has 0 unspecified atom stereocenters. The van der Waals surface area contributed by atoms with Gasteiger partial charge < -0.3 is 4.57 Å². The molecule has 8 heteroatoms. The monoisotopic (exact) mass is 364 g/mol. The smallest absolute Gasteiger partial charge is 0.241 e. The van der Waals surface area contributed by atoms with E-state index in [1.807, 2.05) is 17.6 Å². The van der Waals surface area contributed by atoms with Crippen LogP contribution in [0.1, 0.15) is 25.7 Å². The zero-order chi connectivity index (χ0) is 17.3. The lowest BCUT2D eigenvalue weighted by atomic mass is 10.3. The first kappa shape index (κ1) is 16.9. The minimum Gasteiger partial charge on any atom is -0.327 e. The maximum atomic E-state index is 12.5. The quantitative estimate of drug-likeness (QED) is 0.754. The molecule has 0 aliphatic heterocycles. The molecule has 3 aromatic rings. The number of hydrogen-bond acceptors (Lipinski definition) is 4. The molecular weight excluding hydrogens is 348 g/mol. The summed E-state index contributed by atoms with van der Waals surface area (Å²) >= 11 is 5.81. The Balaban J connectivity index is 1.95. The highest BCUT2D eigenvalue weighted by Crippen LogP contribution is 2.22. The molecule has 2 heterocycles. The molecule has 0 saturated heterocycles. The highest BCUT2D eigenvalue weighted by atomic mass is 35.5. The van der Waals surface area contributed by atoms with Crippen LogP contribution in [0.15, 0.2) is 47.6 Å². The predicted molar refractivity (Wildman–Crippen MR) is 93.4 cm³/mol. The Labute approximate surface area is 145 Å². The fourth-order valence-electron chi connectivity index (χ4n) is 2.63. The van der Waals surface area contributed by atoms with E-state index in [9.17, 15) is 8.42 Å². The van der Waals surface area contributed by atoms with Crippen LogP contribution in [0.5, 0.6) is 0 Å². The van der Waals surface area contributed by atoms with Gasteiger partial charge >= 0.3 is 0 Å². The number of imidazole rings is 1. The van der Waals surface area contributed by atoms with Gasteiger partial charge in [0.05, 0.1) is 22.7 Å². The fourth-order valence-corrected chi connectivity index (χ4v) is 3.96. The van der Waals surface area contributed by atoms with Crippen LogP contribution in [-0.2, 0) is 16.6 Å². The molecule has 0 bridgehead atoms. The zero-order valence-corrected chi connectivity index (χ0v) is 14.8. The number of sulfonamides is 1. The average Bonchev–Trinajstić information content (AvgIpc) is 2.93. The van der Waals surface area contributed by atoms with Crippen molar-refractivity contribution in [2.75, 3.05) is 0 Å². The van der Waals surface area contributed by atoms with Crippen molar-refractivity contribution < 1.29 is 8.42 Å². The van der Waals surface area contributed by atoms with Gasteiger partial charge in [0.2, 0.25) is 10.0 Å². The third-order valence-electron chi connectivity index (χ3n) is 3.74. The highest BCUT2D eigenvalue weighted by Gasteiger charge is 2.22. The van der Waals surface area contributed by atoms with Crippen molar-refractivity contribution in [1.29, 1.82) is 0 Å². The van der Waals surface area contributed by atoms with Gasteiger partial charge in [-0.2, -0.15) is 0 Å². The van der Waals surface area contributed by atoms with Crippen molar-refractivity contribution in [2.45, 2.75) is 31.3 Å². The Hall–Kier alpha value is -1.96. The summed E-state index contributed by atoms with van der Waals surface area (Å²) in [6.45, 7) is 4.45. The van der Waals surface area contributed by atoms with Crippen LogP contribution >= 0.6 is 11.6 Å². The molecule has 2 aromatic heterocycles. The van der Waals surface area contributed by atoms with E-state index >= 15 is 0 Å². The molecule has 0 radical (unpaired) electrons. The minimum atomic E-state index is -3.66. The molecule has 3 rings (SSSR count). The predicted octanol–water partition coefficient (Wildman–Crippen LogP) is 3.14. The normalized spacial score (nSPS) is 13.3. The van der Waals surface area contributed by atoms with Crippen LogP contribution in [0, 0.1) is 0 Å². The summed E-state index contributed by atoms with van der Waals surface area (Å²) in [6.07, 6.45) is 3.37. The third kappa shape index (κ3) is 3.15. The van der Waals surface area contributed by atoms with Crippen molar-refractivity contribution in [3.63, 3.8) is 0 Å². The highest BCUT2D eigenvalue weighted by molar-refractivity contribution is 7.89. The SMILES string of the molecule is CCn1c([C@H](C)NS(=O)(=O)c2ccc(Cl)cc2)nc2cnccc21. The van der Waals surface area contributed by atoms with E-state index in [1.54, 1.807) is 31.5 Å². The number of aryl methyl sites for hydroxylation is 1. The zero-order valence-electron chi connectivity index (χ0n) is 13.3. The summed E-state index contributed by atoms with van der Waals surface area (Å²) in [7, 11) is -3.66. The largest absolute Gasteiger partial charge is 0.327 e. The molecule has 0 aliphatic rings. The number of nitrogens with zero attached hydrogens (tertiary/aromatic N) is 3. The molecule has 1 N–H and O–H groups in total. The average molecular weight is 365 g/mol. The van der Waals surface area contributed by atoms with Crippen LogP contribution in [-0.4, -0.2) is 23.0 Å².